The fourth-order valence-electron chi connectivity index (χ4n) is 1.97. The topological polar surface area (TPSA) is 73.4 Å². The molecular weight excluding hydrogens is 639 g/mol. The maximum Gasteiger partial charge on any atom is 0.236 e. The molecule has 0 atom stereocenters. The second-order valence-corrected chi connectivity index (χ2v) is 11.4. The van der Waals surface area contributed by atoms with E-state index in [1.54, 1.807) is 6.92 Å². The van der Waals surface area contributed by atoms with E-state index >= 15 is 0 Å². The molecule has 0 saturated heterocycles. The van der Waals surface area contributed by atoms with Crippen molar-refractivity contribution < 1.29 is 15.6 Å². The Balaban J connectivity index is 0.000000607. The van der Waals surface area contributed by atoms with Crippen molar-refractivity contribution in [1.82, 2.24) is 9.97 Å². The summed E-state index contributed by atoms with van der Waals surface area (Å²) >= 11 is 57.4. The lowest BCUT2D eigenvalue weighted by Crippen LogP contribution is -2.15. The van der Waals surface area contributed by atoms with Gasteiger partial charge >= 0.3 is 0 Å². The zero-order chi connectivity index (χ0) is 25.0. The van der Waals surface area contributed by atoms with Gasteiger partial charge in [-0.05, 0) is 6.92 Å². The molecule has 0 saturated carbocycles. The number of alkyl halides is 6. The fourth-order valence-corrected chi connectivity index (χ4v) is 4.29. The van der Waals surface area contributed by atoms with Crippen LogP contribution >= 0.6 is 116 Å². The lowest BCUT2D eigenvalue weighted by molar-refractivity contribution is 0.333. The molecule has 2 aromatic rings. The van der Waals surface area contributed by atoms with E-state index in [-0.39, 0.29) is 50.4 Å². The molecule has 32 heavy (non-hydrogen) atoms. The van der Waals surface area contributed by atoms with Gasteiger partial charge in [-0.2, -0.15) is 0 Å². The quantitative estimate of drug-likeness (QED) is 0.336. The molecule has 0 aliphatic carbocycles. The van der Waals surface area contributed by atoms with Crippen LogP contribution in [0.15, 0.2) is 4.79 Å². The predicted molar refractivity (Wildman–Crippen MR) is 136 cm³/mol. The molecule has 0 aromatic carbocycles. The lowest BCUT2D eigenvalue weighted by Gasteiger charge is -2.17. The van der Waals surface area contributed by atoms with Crippen LogP contribution in [0.5, 0.6) is 17.5 Å². The Bertz CT molecular complexity index is 1020. The van der Waals surface area contributed by atoms with Gasteiger partial charge in [0.1, 0.15) is 25.8 Å². The normalized spacial score (nSPS) is 11.5. The fraction of sp³-hybridized carbons (Fsp3) is 0.375. The second kappa shape index (κ2) is 12.4. The SMILES string of the molecule is CCOc1c(Cl)c(OC)nc(C(Cl)(Cl)Cl)c1Cl.COc1[nH]c(C(Cl)(Cl)Cl)c(Cl)c(=O)c1Cl.[2HH]. The van der Waals surface area contributed by atoms with Gasteiger partial charge in [-0.15, -0.1) is 0 Å². The van der Waals surface area contributed by atoms with Crippen LogP contribution < -0.4 is 19.6 Å². The summed E-state index contributed by atoms with van der Waals surface area (Å²) in [5.41, 5.74) is -0.732. The van der Waals surface area contributed by atoms with Crippen LogP contribution in [0.25, 0.3) is 0 Å². The molecule has 182 valence electrons. The van der Waals surface area contributed by atoms with Crippen LogP contribution in [0.2, 0.25) is 20.1 Å². The van der Waals surface area contributed by atoms with Crippen LogP contribution in [0.1, 0.15) is 19.7 Å². The summed E-state index contributed by atoms with van der Waals surface area (Å²) in [5, 5.41) is -0.281. The molecule has 0 aliphatic rings. The van der Waals surface area contributed by atoms with Gasteiger partial charge in [0.15, 0.2) is 5.75 Å². The molecule has 0 spiro atoms. The van der Waals surface area contributed by atoms with Gasteiger partial charge < -0.3 is 19.2 Å². The molecule has 0 fully saturated rings. The summed E-state index contributed by atoms with van der Waals surface area (Å²) in [6.45, 7) is 2.13. The Morgan fingerprint density at radius 1 is 0.875 bits per heavy atom. The van der Waals surface area contributed by atoms with E-state index in [1.165, 1.54) is 14.2 Å². The second-order valence-electron chi connectivity index (χ2n) is 5.35. The number of ether oxygens (including phenoxy) is 3. The van der Waals surface area contributed by atoms with E-state index in [0.29, 0.717) is 6.61 Å². The molecule has 0 bridgehead atoms. The summed E-state index contributed by atoms with van der Waals surface area (Å²) in [6, 6.07) is 0. The van der Waals surface area contributed by atoms with E-state index in [1.807, 2.05) is 0 Å². The smallest absolute Gasteiger partial charge is 0.236 e. The van der Waals surface area contributed by atoms with E-state index in [4.69, 9.17) is 130 Å². The minimum Gasteiger partial charge on any atom is -0.490 e. The Labute approximate surface area is 234 Å². The maximum absolute atomic E-state index is 11.5. The largest absolute Gasteiger partial charge is 0.490 e. The Morgan fingerprint density at radius 3 is 1.84 bits per heavy atom. The van der Waals surface area contributed by atoms with Gasteiger partial charge in [-0.1, -0.05) is 116 Å². The first-order chi connectivity index (χ1) is 14.6. The first-order valence-corrected chi connectivity index (χ1v) is 11.7. The zero-order valence-electron chi connectivity index (χ0n) is 16.1. The summed E-state index contributed by atoms with van der Waals surface area (Å²) in [7, 11) is 2.70. The monoisotopic (exact) mass is 649 g/mol. The van der Waals surface area contributed by atoms with E-state index in [9.17, 15) is 4.79 Å². The van der Waals surface area contributed by atoms with Crippen LogP contribution in [-0.2, 0) is 7.59 Å². The Hall–Kier alpha value is 0.400. The van der Waals surface area contributed by atoms with Crippen molar-refractivity contribution in [3.05, 3.63) is 41.7 Å². The molecule has 6 nitrogen and oxygen atoms in total. The highest BCUT2D eigenvalue weighted by molar-refractivity contribution is 6.67. The number of nitrogens with one attached hydrogen (secondary N) is 1. The number of hydrogen-bond donors (Lipinski definition) is 1. The lowest BCUT2D eigenvalue weighted by atomic mass is 10.3. The number of nitrogens with zero attached hydrogens (tertiary/aromatic N) is 1. The van der Waals surface area contributed by atoms with E-state index < -0.39 is 13.0 Å². The van der Waals surface area contributed by atoms with Gasteiger partial charge in [0.2, 0.25) is 24.8 Å². The highest BCUT2D eigenvalue weighted by atomic mass is 35.6. The molecule has 2 heterocycles. The van der Waals surface area contributed by atoms with Gasteiger partial charge in [-0.25, -0.2) is 4.98 Å². The number of methoxy groups -OCH3 is 2. The number of halogens is 10. The van der Waals surface area contributed by atoms with Crippen molar-refractivity contribution in [1.29, 1.82) is 0 Å². The van der Waals surface area contributed by atoms with Gasteiger partial charge in [-0.3, -0.25) is 4.79 Å². The summed E-state index contributed by atoms with van der Waals surface area (Å²) in [5.74, 6) is 0.261. The van der Waals surface area contributed by atoms with E-state index in [0.717, 1.165) is 0 Å². The Morgan fingerprint density at radius 2 is 1.44 bits per heavy atom. The predicted octanol–water partition coefficient (Wildman–Crippen LogP) is 8.39. The van der Waals surface area contributed by atoms with Crippen molar-refractivity contribution in [2.24, 2.45) is 0 Å². The van der Waals surface area contributed by atoms with Crippen molar-refractivity contribution in [3.63, 3.8) is 0 Å². The minimum atomic E-state index is -1.85. The van der Waals surface area contributed by atoms with Crippen molar-refractivity contribution in [2.75, 3.05) is 20.8 Å². The van der Waals surface area contributed by atoms with Crippen LogP contribution in [-0.4, -0.2) is 30.8 Å². The zero-order valence-corrected chi connectivity index (χ0v) is 23.6. The highest BCUT2D eigenvalue weighted by Crippen LogP contribution is 2.48. The third-order valence-electron chi connectivity index (χ3n) is 3.30. The number of aromatic nitrogens is 2. The third kappa shape index (κ3) is 7.45. The van der Waals surface area contributed by atoms with Crippen LogP contribution in [0.3, 0.4) is 0 Å². The number of aromatic amines is 1. The highest BCUT2D eigenvalue weighted by Gasteiger charge is 2.33. The number of rotatable bonds is 4. The average molecular weight is 654 g/mol. The number of hydrogen-bond acceptors (Lipinski definition) is 5. The summed E-state index contributed by atoms with van der Waals surface area (Å²) in [4.78, 5) is 17.9. The molecule has 2 rings (SSSR count). The number of H-pyrrole nitrogens is 1. The third-order valence-corrected chi connectivity index (χ3v) is 5.79. The molecule has 0 radical (unpaired) electrons. The Kier molecular flexibility index (Phi) is 11.8. The first-order valence-electron chi connectivity index (χ1n) is 7.97. The van der Waals surface area contributed by atoms with Crippen LogP contribution in [0.4, 0.5) is 0 Å². The van der Waals surface area contributed by atoms with E-state index in [2.05, 4.69) is 9.97 Å². The first kappa shape index (κ1) is 30.4. The molecule has 2 aromatic heterocycles. The number of pyridine rings is 2. The molecule has 16 heteroatoms. The molecule has 0 aliphatic heterocycles. The molecule has 0 amide bonds. The minimum absolute atomic E-state index is 0. The van der Waals surface area contributed by atoms with Crippen molar-refractivity contribution in [3.8, 4) is 17.5 Å². The van der Waals surface area contributed by atoms with Crippen molar-refractivity contribution in [2.45, 2.75) is 14.5 Å². The summed E-state index contributed by atoms with van der Waals surface area (Å²) < 4.78 is 11.4. The summed E-state index contributed by atoms with van der Waals surface area (Å²) in [6.07, 6.45) is 0. The van der Waals surface area contributed by atoms with Gasteiger partial charge in [0, 0.05) is 1.43 Å². The average Bonchev–Trinajstić information content (AvgIpc) is 2.68. The van der Waals surface area contributed by atoms with Crippen molar-refractivity contribution >= 4 is 116 Å². The molecule has 1 N–H and O–H groups in total. The van der Waals surface area contributed by atoms with Gasteiger partial charge in [0.05, 0.1) is 26.5 Å². The maximum atomic E-state index is 11.5. The molecule has 0 unspecified atom stereocenters. The standard InChI is InChI=1S/C9H8Cl5NO2.C7H4Cl5NO2.H2/c1-3-17-6-4(10)7(9(12,13)14)15-8(16-2)5(6)11;1-15-6-3(9)4(14)2(8)5(13-6)7(10,11)12;/h3H2,1-2H3;1H3,(H,13,14);1H/i;;1+1. The molecular formula is C16H14Cl10N2O4. The van der Waals surface area contributed by atoms with Crippen LogP contribution in [0, 0.1) is 0 Å². The van der Waals surface area contributed by atoms with Gasteiger partial charge in [0.25, 0.3) is 0 Å².